The molecule has 58 heavy (non-hydrogen) atoms. The van der Waals surface area contributed by atoms with Gasteiger partial charge in [0.1, 0.15) is 0 Å². The molecule has 12 rings (SSSR count). The van der Waals surface area contributed by atoms with E-state index in [2.05, 4.69) is 194 Å². The standard InChI is InChI=1S/C56H34N2/c1-3-17-43-41(11-1)33-51(47-21-7-5-19-45(43)47)39-15-9-13-35(29-39)37-23-25-49-50-26-24-38(32-54(50)56-55(53(49)31-37)57-27-28-58-56)36-14-10-16-40(30-36)52-34-42-12-2-4-18-44(42)46-20-6-8-22-48(46)52/h1-34H. The molecule has 0 aliphatic carbocycles. The van der Waals surface area contributed by atoms with Crippen LogP contribution in [0.25, 0.3) is 120 Å². The lowest BCUT2D eigenvalue weighted by atomic mass is 9.90. The summed E-state index contributed by atoms with van der Waals surface area (Å²) in [4.78, 5) is 9.94. The Balaban J connectivity index is 0.979. The molecule has 0 radical (unpaired) electrons. The van der Waals surface area contributed by atoms with E-state index in [9.17, 15) is 0 Å². The fourth-order valence-corrected chi connectivity index (χ4v) is 9.36. The number of rotatable bonds is 4. The van der Waals surface area contributed by atoms with Crippen LogP contribution in [0.3, 0.4) is 0 Å². The molecular formula is C56H34N2. The molecule has 0 unspecified atom stereocenters. The van der Waals surface area contributed by atoms with E-state index >= 15 is 0 Å². The van der Waals surface area contributed by atoms with Gasteiger partial charge in [-0.05, 0) is 135 Å². The molecule has 0 saturated heterocycles. The van der Waals surface area contributed by atoms with Gasteiger partial charge in [-0.3, -0.25) is 9.97 Å². The molecule has 0 amide bonds. The van der Waals surface area contributed by atoms with Crippen molar-refractivity contribution >= 4 is 75.7 Å². The smallest absolute Gasteiger partial charge is 0.0971 e. The van der Waals surface area contributed by atoms with Crippen LogP contribution in [0.1, 0.15) is 0 Å². The predicted molar refractivity (Wildman–Crippen MR) is 246 cm³/mol. The first-order valence-electron chi connectivity index (χ1n) is 19.9. The fraction of sp³-hybridized carbons (Fsp3) is 0. The van der Waals surface area contributed by atoms with Crippen LogP contribution in [0.15, 0.2) is 207 Å². The lowest BCUT2D eigenvalue weighted by Crippen LogP contribution is -1.91. The van der Waals surface area contributed by atoms with Crippen molar-refractivity contribution in [2.24, 2.45) is 0 Å². The second-order valence-electron chi connectivity index (χ2n) is 15.3. The van der Waals surface area contributed by atoms with E-state index in [1.807, 2.05) is 12.4 Å². The minimum atomic E-state index is 0.914. The second-order valence-corrected chi connectivity index (χ2v) is 15.3. The third-order valence-electron chi connectivity index (χ3n) is 12.1. The Kier molecular flexibility index (Phi) is 7.26. The molecule has 268 valence electrons. The van der Waals surface area contributed by atoms with Gasteiger partial charge in [0.05, 0.1) is 11.0 Å². The lowest BCUT2D eigenvalue weighted by molar-refractivity contribution is 1.31. The number of hydrogen-bond acceptors (Lipinski definition) is 2. The van der Waals surface area contributed by atoms with Crippen molar-refractivity contribution in [2.75, 3.05) is 0 Å². The average molecular weight is 735 g/mol. The van der Waals surface area contributed by atoms with Gasteiger partial charge >= 0.3 is 0 Å². The minimum absolute atomic E-state index is 0.914. The highest BCUT2D eigenvalue weighted by molar-refractivity contribution is 6.24. The summed E-state index contributed by atoms with van der Waals surface area (Å²) in [6, 6.07) is 71.1. The van der Waals surface area contributed by atoms with Crippen LogP contribution in [0.5, 0.6) is 0 Å². The summed E-state index contributed by atoms with van der Waals surface area (Å²) < 4.78 is 0. The van der Waals surface area contributed by atoms with E-state index in [1.165, 1.54) is 87.2 Å². The first-order valence-corrected chi connectivity index (χ1v) is 19.9. The Morgan fingerprint density at radius 1 is 0.224 bits per heavy atom. The zero-order chi connectivity index (χ0) is 38.2. The van der Waals surface area contributed by atoms with Crippen LogP contribution >= 0.6 is 0 Å². The first-order chi connectivity index (χ1) is 28.7. The van der Waals surface area contributed by atoms with Crippen LogP contribution in [0.2, 0.25) is 0 Å². The van der Waals surface area contributed by atoms with Crippen molar-refractivity contribution in [1.82, 2.24) is 9.97 Å². The van der Waals surface area contributed by atoms with Crippen molar-refractivity contribution in [3.8, 4) is 44.5 Å². The zero-order valence-electron chi connectivity index (χ0n) is 31.5. The van der Waals surface area contributed by atoms with E-state index < -0.39 is 0 Å². The Bertz CT molecular complexity index is 3380. The van der Waals surface area contributed by atoms with Crippen LogP contribution in [0, 0.1) is 0 Å². The Morgan fingerprint density at radius 2 is 0.586 bits per heavy atom. The van der Waals surface area contributed by atoms with Crippen molar-refractivity contribution in [2.45, 2.75) is 0 Å². The van der Waals surface area contributed by atoms with E-state index in [0.717, 1.165) is 32.9 Å². The predicted octanol–water partition coefficient (Wildman–Crippen LogP) is 15.2. The van der Waals surface area contributed by atoms with Gasteiger partial charge in [-0.15, -0.1) is 0 Å². The Labute approximate surface area is 335 Å². The van der Waals surface area contributed by atoms with Crippen LogP contribution in [0.4, 0.5) is 0 Å². The van der Waals surface area contributed by atoms with E-state index in [1.54, 1.807) is 0 Å². The highest BCUT2D eigenvalue weighted by Crippen LogP contribution is 2.41. The summed E-state index contributed by atoms with van der Waals surface area (Å²) in [7, 11) is 0. The normalized spacial score (nSPS) is 11.8. The molecule has 2 heteroatoms. The van der Waals surface area contributed by atoms with Crippen molar-refractivity contribution in [3.63, 3.8) is 0 Å². The molecule has 0 fully saturated rings. The fourth-order valence-electron chi connectivity index (χ4n) is 9.36. The molecule has 0 N–H and O–H groups in total. The van der Waals surface area contributed by atoms with Crippen molar-refractivity contribution < 1.29 is 0 Å². The first kappa shape index (κ1) is 32.6. The van der Waals surface area contributed by atoms with Gasteiger partial charge in [-0.2, -0.15) is 0 Å². The Hall–Kier alpha value is -7.68. The number of nitrogens with zero attached hydrogens (tertiary/aromatic N) is 2. The molecule has 2 nitrogen and oxygen atoms in total. The Morgan fingerprint density at radius 3 is 1.05 bits per heavy atom. The molecule has 1 aromatic heterocycles. The third-order valence-corrected chi connectivity index (χ3v) is 12.1. The van der Waals surface area contributed by atoms with Gasteiger partial charge in [0.15, 0.2) is 0 Å². The molecule has 0 atom stereocenters. The van der Waals surface area contributed by atoms with E-state index in [0.29, 0.717) is 0 Å². The number of hydrogen-bond donors (Lipinski definition) is 0. The van der Waals surface area contributed by atoms with E-state index in [-0.39, 0.29) is 0 Å². The van der Waals surface area contributed by atoms with Crippen LogP contribution in [-0.4, -0.2) is 9.97 Å². The van der Waals surface area contributed by atoms with Gasteiger partial charge in [-0.1, -0.05) is 158 Å². The maximum Gasteiger partial charge on any atom is 0.0971 e. The highest BCUT2D eigenvalue weighted by Gasteiger charge is 2.16. The average Bonchev–Trinajstić information content (AvgIpc) is 3.31. The molecule has 12 aromatic rings. The van der Waals surface area contributed by atoms with Gasteiger partial charge in [0, 0.05) is 23.2 Å². The summed E-state index contributed by atoms with van der Waals surface area (Å²) in [5, 5.41) is 14.7. The molecule has 0 bridgehead atoms. The summed E-state index contributed by atoms with van der Waals surface area (Å²) >= 11 is 0. The second kappa shape index (κ2) is 12.9. The van der Waals surface area contributed by atoms with Crippen molar-refractivity contribution in [1.29, 1.82) is 0 Å². The molecule has 0 spiro atoms. The monoisotopic (exact) mass is 734 g/mol. The summed E-state index contributed by atoms with van der Waals surface area (Å²) in [6.45, 7) is 0. The SMILES string of the molecule is c1cc(-c2ccc3c4ccc(-c5cccc(-c6cc7ccccc7c7ccccc67)c5)cc4c4nccnc4c3c2)cc(-c2cc3ccccc3c3ccccc23)c1. The zero-order valence-corrected chi connectivity index (χ0v) is 31.5. The molecule has 1 heterocycles. The van der Waals surface area contributed by atoms with Crippen molar-refractivity contribution in [3.05, 3.63) is 207 Å². The molecule has 0 aliphatic rings. The highest BCUT2D eigenvalue weighted by atomic mass is 14.8. The van der Waals surface area contributed by atoms with Crippen LogP contribution in [-0.2, 0) is 0 Å². The van der Waals surface area contributed by atoms with Crippen LogP contribution < -0.4 is 0 Å². The van der Waals surface area contributed by atoms with Gasteiger partial charge in [0.2, 0.25) is 0 Å². The van der Waals surface area contributed by atoms with Gasteiger partial charge in [-0.25, -0.2) is 0 Å². The number of benzene rings is 11. The lowest BCUT2D eigenvalue weighted by Gasteiger charge is -2.14. The molecule has 11 aromatic carbocycles. The summed E-state index contributed by atoms with van der Waals surface area (Å²) in [5.41, 5.74) is 11.4. The maximum absolute atomic E-state index is 4.97. The summed E-state index contributed by atoms with van der Waals surface area (Å²) in [6.07, 6.45) is 3.62. The largest absolute Gasteiger partial charge is 0.252 e. The third kappa shape index (κ3) is 5.12. The molecular weight excluding hydrogens is 701 g/mol. The van der Waals surface area contributed by atoms with Gasteiger partial charge < -0.3 is 0 Å². The maximum atomic E-state index is 4.97. The minimum Gasteiger partial charge on any atom is -0.252 e. The topological polar surface area (TPSA) is 25.8 Å². The molecule has 0 saturated carbocycles. The molecule has 0 aliphatic heterocycles. The summed E-state index contributed by atoms with van der Waals surface area (Å²) in [5.74, 6) is 0. The number of aromatic nitrogens is 2. The van der Waals surface area contributed by atoms with E-state index in [4.69, 9.17) is 9.97 Å². The quantitative estimate of drug-likeness (QED) is 0.168. The number of fused-ring (bicyclic) bond motifs is 12. The van der Waals surface area contributed by atoms with Gasteiger partial charge in [0.25, 0.3) is 0 Å².